The summed E-state index contributed by atoms with van der Waals surface area (Å²) in [4.78, 5) is 0. The second-order valence-electron chi connectivity index (χ2n) is 7.59. The summed E-state index contributed by atoms with van der Waals surface area (Å²) in [6, 6.07) is 32.8. The minimum Gasteiger partial charge on any atom is -0.507 e. The van der Waals surface area contributed by atoms with Gasteiger partial charge in [0.05, 0.1) is 11.1 Å². The second-order valence-corrected chi connectivity index (χ2v) is 7.59. The maximum absolute atomic E-state index is 9.72. The molecule has 2 heterocycles. The van der Waals surface area contributed by atoms with Crippen molar-refractivity contribution in [3.8, 4) is 57.3 Å². The van der Waals surface area contributed by atoms with Crippen molar-refractivity contribution in [2.75, 3.05) is 0 Å². The van der Waals surface area contributed by atoms with Crippen LogP contribution in [0.1, 0.15) is 0 Å². The molecule has 4 aromatic carbocycles. The Labute approximate surface area is 225 Å². The van der Waals surface area contributed by atoms with Crippen LogP contribution in [-0.2, 0) is 19.5 Å². The SMILES string of the molecule is Oc1ccccc1-c1nnc(-c2ccccc2)o1.Oc1ccccc1-c1nnc(-c2ccccc2)o1.[Zn+2]. The van der Waals surface area contributed by atoms with Crippen molar-refractivity contribution in [2.24, 2.45) is 0 Å². The summed E-state index contributed by atoms with van der Waals surface area (Å²) >= 11 is 0. The van der Waals surface area contributed by atoms with Gasteiger partial charge in [0.1, 0.15) is 11.5 Å². The van der Waals surface area contributed by atoms with Gasteiger partial charge in [0, 0.05) is 11.1 Å². The Morgan fingerprint density at radius 1 is 0.405 bits per heavy atom. The van der Waals surface area contributed by atoms with E-state index in [2.05, 4.69) is 20.4 Å². The van der Waals surface area contributed by atoms with E-state index in [1.165, 1.54) is 0 Å². The van der Waals surface area contributed by atoms with E-state index in [4.69, 9.17) is 8.83 Å². The quantitative estimate of drug-likeness (QED) is 0.253. The van der Waals surface area contributed by atoms with E-state index in [1.54, 1.807) is 48.5 Å². The molecule has 0 aliphatic heterocycles. The van der Waals surface area contributed by atoms with Gasteiger partial charge < -0.3 is 19.0 Å². The number of phenolic OH excluding ortho intramolecular Hbond substituents is 2. The predicted molar refractivity (Wildman–Crippen MR) is 134 cm³/mol. The van der Waals surface area contributed by atoms with Gasteiger partial charge >= 0.3 is 19.5 Å². The molecule has 37 heavy (non-hydrogen) atoms. The van der Waals surface area contributed by atoms with Gasteiger partial charge in [-0.1, -0.05) is 60.7 Å². The molecule has 0 aliphatic rings. The average molecular weight is 542 g/mol. The van der Waals surface area contributed by atoms with E-state index < -0.39 is 0 Å². The zero-order valence-electron chi connectivity index (χ0n) is 19.6. The van der Waals surface area contributed by atoms with E-state index in [1.807, 2.05) is 60.7 Å². The second kappa shape index (κ2) is 11.9. The van der Waals surface area contributed by atoms with Crippen LogP contribution in [0.2, 0.25) is 0 Å². The van der Waals surface area contributed by atoms with Crippen LogP contribution in [0.25, 0.3) is 45.8 Å². The van der Waals surface area contributed by atoms with Crippen LogP contribution in [0.15, 0.2) is 118 Å². The number of hydrogen-bond acceptors (Lipinski definition) is 8. The largest absolute Gasteiger partial charge is 2.00 e. The number of benzene rings is 4. The molecule has 8 nitrogen and oxygen atoms in total. The van der Waals surface area contributed by atoms with Crippen LogP contribution in [-0.4, -0.2) is 30.6 Å². The molecule has 0 bridgehead atoms. The molecule has 0 atom stereocenters. The van der Waals surface area contributed by atoms with Gasteiger partial charge in [0.15, 0.2) is 0 Å². The molecule has 2 N–H and O–H groups in total. The maximum atomic E-state index is 9.72. The fourth-order valence-electron chi connectivity index (χ4n) is 3.37. The monoisotopic (exact) mass is 540 g/mol. The van der Waals surface area contributed by atoms with Crippen molar-refractivity contribution in [2.45, 2.75) is 0 Å². The van der Waals surface area contributed by atoms with E-state index in [9.17, 15) is 10.2 Å². The van der Waals surface area contributed by atoms with Crippen molar-refractivity contribution < 1.29 is 38.5 Å². The minimum absolute atomic E-state index is 0. The van der Waals surface area contributed by atoms with Gasteiger partial charge in [-0.15, -0.1) is 20.4 Å². The fraction of sp³-hybridized carbons (Fsp3) is 0. The molecule has 0 aliphatic carbocycles. The van der Waals surface area contributed by atoms with E-state index in [0.717, 1.165) is 11.1 Å². The number of rotatable bonds is 4. The molecule has 2 aromatic heterocycles. The average Bonchev–Trinajstić information content (AvgIpc) is 3.62. The molecule has 0 radical (unpaired) electrons. The first-order valence-corrected chi connectivity index (χ1v) is 11.0. The molecular formula is C28H20N4O4Zn+2. The standard InChI is InChI=1S/2C14H10N2O2.Zn/c2*17-12-9-5-4-8-11(12)14-16-15-13(18-14)10-6-2-1-3-7-10;/h2*1-9,17H;/q;;+2. The summed E-state index contributed by atoms with van der Waals surface area (Å²) in [6.45, 7) is 0. The third kappa shape index (κ3) is 5.97. The fourth-order valence-corrected chi connectivity index (χ4v) is 3.37. The number of nitrogens with zero attached hydrogens (tertiary/aromatic N) is 4. The molecule has 0 spiro atoms. The van der Waals surface area contributed by atoms with Crippen LogP contribution >= 0.6 is 0 Å². The smallest absolute Gasteiger partial charge is 0.507 e. The van der Waals surface area contributed by atoms with Crippen molar-refractivity contribution in [3.05, 3.63) is 109 Å². The summed E-state index contributed by atoms with van der Waals surface area (Å²) in [5.74, 6) is 1.75. The number of phenols is 2. The van der Waals surface area contributed by atoms with Crippen LogP contribution in [0.5, 0.6) is 11.5 Å². The molecule has 0 amide bonds. The Morgan fingerprint density at radius 2 is 0.730 bits per heavy atom. The van der Waals surface area contributed by atoms with Gasteiger partial charge in [-0.3, -0.25) is 0 Å². The van der Waals surface area contributed by atoms with Gasteiger partial charge in [-0.25, -0.2) is 0 Å². The van der Waals surface area contributed by atoms with Crippen molar-refractivity contribution in [1.29, 1.82) is 0 Å². The summed E-state index contributed by atoms with van der Waals surface area (Å²) < 4.78 is 11.1. The Bertz CT molecular complexity index is 1450. The van der Waals surface area contributed by atoms with Crippen molar-refractivity contribution in [3.63, 3.8) is 0 Å². The van der Waals surface area contributed by atoms with Crippen LogP contribution in [0.4, 0.5) is 0 Å². The molecule has 6 aromatic rings. The summed E-state index contributed by atoms with van der Waals surface area (Å²) in [6.07, 6.45) is 0. The Morgan fingerprint density at radius 3 is 1.11 bits per heavy atom. The normalized spacial score (nSPS) is 10.2. The van der Waals surface area contributed by atoms with Gasteiger partial charge in [0.2, 0.25) is 11.8 Å². The molecule has 9 heteroatoms. The van der Waals surface area contributed by atoms with E-state index >= 15 is 0 Å². The zero-order chi connectivity index (χ0) is 24.7. The first-order valence-electron chi connectivity index (χ1n) is 11.0. The molecule has 176 valence electrons. The third-order valence-corrected chi connectivity index (χ3v) is 5.16. The predicted octanol–water partition coefficient (Wildman–Crippen LogP) is 6.22. The number of aromatic hydroxyl groups is 2. The number of aromatic nitrogens is 4. The molecular weight excluding hydrogens is 522 g/mol. The van der Waals surface area contributed by atoms with Crippen molar-refractivity contribution in [1.82, 2.24) is 20.4 Å². The molecule has 6 rings (SSSR count). The van der Waals surface area contributed by atoms with E-state index in [0.29, 0.717) is 34.7 Å². The van der Waals surface area contributed by atoms with Crippen molar-refractivity contribution >= 4 is 0 Å². The summed E-state index contributed by atoms with van der Waals surface area (Å²) in [5.41, 5.74) is 2.78. The molecule has 0 saturated heterocycles. The summed E-state index contributed by atoms with van der Waals surface area (Å²) in [5, 5.41) is 35.3. The minimum atomic E-state index is 0. The molecule has 0 fully saturated rings. The summed E-state index contributed by atoms with van der Waals surface area (Å²) in [7, 11) is 0. The Kier molecular flexibility index (Phi) is 8.18. The van der Waals surface area contributed by atoms with Gasteiger partial charge in [-0.05, 0) is 48.5 Å². The molecule has 0 unspecified atom stereocenters. The van der Waals surface area contributed by atoms with Gasteiger partial charge in [0.25, 0.3) is 11.8 Å². The van der Waals surface area contributed by atoms with Crippen LogP contribution in [0, 0.1) is 0 Å². The first kappa shape index (κ1) is 25.5. The van der Waals surface area contributed by atoms with Gasteiger partial charge in [-0.2, -0.15) is 0 Å². The number of hydrogen-bond donors (Lipinski definition) is 2. The third-order valence-electron chi connectivity index (χ3n) is 5.16. The van der Waals surface area contributed by atoms with E-state index in [-0.39, 0.29) is 31.0 Å². The maximum Gasteiger partial charge on any atom is 2.00 e. The van der Waals surface area contributed by atoms with Crippen LogP contribution < -0.4 is 0 Å². The number of para-hydroxylation sites is 2. The zero-order valence-corrected chi connectivity index (χ0v) is 22.6. The first-order chi connectivity index (χ1) is 17.7. The Hall–Kier alpha value is -4.62. The Balaban J connectivity index is 0.000000168. The van der Waals surface area contributed by atoms with Crippen LogP contribution in [0.3, 0.4) is 0 Å². The topological polar surface area (TPSA) is 118 Å². The molecule has 0 saturated carbocycles.